The van der Waals surface area contributed by atoms with E-state index in [9.17, 15) is 14.7 Å². The van der Waals surface area contributed by atoms with Crippen LogP contribution in [0.15, 0.2) is 48.0 Å². The molecule has 1 N–H and O–H groups in total. The van der Waals surface area contributed by atoms with Crippen LogP contribution in [0, 0.1) is 0 Å². The molecule has 0 aromatic heterocycles. The van der Waals surface area contributed by atoms with Crippen LogP contribution >= 0.6 is 34.8 Å². The monoisotopic (exact) mass is 439 g/mol. The van der Waals surface area contributed by atoms with Crippen LogP contribution in [0.5, 0.6) is 0 Å². The first-order valence-electron chi connectivity index (χ1n) is 8.33. The highest BCUT2D eigenvalue weighted by Gasteiger charge is 2.46. The number of methoxy groups -OCH3 is 1. The Kier molecular flexibility index (Phi) is 6.30. The van der Waals surface area contributed by atoms with Crippen molar-refractivity contribution < 1.29 is 19.4 Å². The van der Waals surface area contributed by atoms with E-state index in [1.54, 1.807) is 42.5 Å². The van der Waals surface area contributed by atoms with E-state index < -0.39 is 17.7 Å². The number of rotatable bonds is 5. The van der Waals surface area contributed by atoms with E-state index in [0.717, 1.165) is 0 Å². The largest absolute Gasteiger partial charge is 0.507 e. The van der Waals surface area contributed by atoms with Crippen molar-refractivity contribution in [2.45, 2.75) is 6.04 Å². The molecule has 1 unspecified atom stereocenters. The minimum atomic E-state index is -0.819. The van der Waals surface area contributed by atoms with E-state index in [4.69, 9.17) is 39.5 Å². The van der Waals surface area contributed by atoms with Crippen LogP contribution in [0.25, 0.3) is 5.76 Å². The molecule has 0 saturated carbocycles. The lowest BCUT2D eigenvalue weighted by Crippen LogP contribution is -2.32. The van der Waals surface area contributed by atoms with Crippen molar-refractivity contribution in [3.63, 3.8) is 0 Å². The highest BCUT2D eigenvalue weighted by Crippen LogP contribution is 2.40. The fourth-order valence-corrected chi connectivity index (χ4v) is 3.53. The second-order valence-electron chi connectivity index (χ2n) is 6.17. The molecule has 5 nitrogen and oxygen atoms in total. The summed E-state index contributed by atoms with van der Waals surface area (Å²) in [6.45, 7) is 0.398. The summed E-state index contributed by atoms with van der Waals surface area (Å²) < 4.78 is 5.06. The number of halogens is 3. The first-order chi connectivity index (χ1) is 13.3. The van der Waals surface area contributed by atoms with Gasteiger partial charge in [-0.05, 0) is 42.0 Å². The van der Waals surface area contributed by atoms with E-state index in [1.807, 2.05) is 0 Å². The Bertz CT molecular complexity index is 956. The molecular weight excluding hydrogens is 425 g/mol. The van der Waals surface area contributed by atoms with Crippen LogP contribution in [0.2, 0.25) is 15.1 Å². The molecule has 0 bridgehead atoms. The molecule has 1 heterocycles. The molecule has 3 rings (SSSR count). The Hall–Kier alpha value is -2.05. The lowest BCUT2D eigenvalue weighted by atomic mass is 9.95. The minimum absolute atomic E-state index is 0.0261. The Morgan fingerprint density at radius 1 is 1.07 bits per heavy atom. The molecule has 2 aromatic rings. The molecule has 1 atom stereocenters. The average molecular weight is 441 g/mol. The summed E-state index contributed by atoms with van der Waals surface area (Å²) in [5.74, 6) is -1.78. The Morgan fingerprint density at radius 2 is 1.75 bits per heavy atom. The summed E-state index contributed by atoms with van der Waals surface area (Å²) in [6.07, 6.45) is 0. The number of carbonyl (C=O) groups is 2. The fraction of sp³-hybridized carbons (Fsp3) is 0.200. The fourth-order valence-electron chi connectivity index (χ4n) is 3.09. The third-order valence-corrected chi connectivity index (χ3v) is 5.44. The van der Waals surface area contributed by atoms with Gasteiger partial charge in [-0.2, -0.15) is 0 Å². The number of likely N-dealkylation sites (tertiary alicyclic amines) is 1. The van der Waals surface area contributed by atoms with Crippen molar-refractivity contribution >= 4 is 52.3 Å². The van der Waals surface area contributed by atoms with Crippen LogP contribution in [-0.4, -0.2) is 42.0 Å². The maximum Gasteiger partial charge on any atom is 0.295 e. The number of hydrogen-bond donors (Lipinski definition) is 1. The van der Waals surface area contributed by atoms with Crippen LogP contribution in [-0.2, 0) is 14.3 Å². The zero-order valence-electron chi connectivity index (χ0n) is 14.8. The van der Waals surface area contributed by atoms with Gasteiger partial charge in [-0.25, -0.2) is 0 Å². The predicted octanol–water partition coefficient (Wildman–Crippen LogP) is 4.71. The summed E-state index contributed by atoms with van der Waals surface area (Å²) in [7, 11) is 1.50. The smallest absolute Gasteiger partial charge is 0.295 e. The standard InChI is InChI=1S/C20H16Cl3NO4/c1-28-9-8-24-17(12-4-7-14(22)15(23)10-12)16(19(26)20(24)27)18(25)11-2-5-13(21)6-3-11/h2-7,10,17,25H,8-9H2,1H3/b18-16+. The van der Waals surface area contributed by atoms with E-state index in [2.05, 4.69) is 0 Å². The molecule has 146 valence electrons. The van der Waals surface area contributed by atoms with Crippen LogP contribution < -0.4 is 0 Å². The number of nitrogens with zero attached hydrogens (tertiary/aromatic N) is 1. The van der Waals surface area contributed by atoms with Crippen LogP contribution in [0.1, 0.15) is 17.2 Å². The number of Topliss-reactive ketones (excluding diaryl/α,β-unsaturated/α-hetero) is 1. The quantitative estimate of drug-likeness (QED) is 0.415. The van der Waals surface area contributed by atoms with Crippen molar-refractivity contribution in [1.29, 1.82) is 0 Å². The molecule has 0 spiro atoms. The molecule has 1 saturated heterocycles. The number of carbonyl (C=O) groups excluding carboxylic acids is 2. The zero-order chi connectivity index (χ0) is 20.4. The summed E-state index contributed by atoms with van der Waals surface area (Å²) in [5.41, 5.74) is 0.904. The molecular formula is C20H16Cl3NO4. The molecule has 1 aliphatic heterocycles. The second kappa shape index (κ2) is 8.53. The van der Waals surface area contributed by atoms with Crippen molar-refractivity contribution in [2.24, 2.45) is 0 Å². The Morgan fingerprint density at radius 3 is 2.36 bits per heavy atom. The number of ketones is 1. The van der Waals surface area contributed by atoms with Crippen molar-refractivity contribution in [1.82, 2.24) is 4.90 Å². The molecule has 2 aromatic carbocycles. The maximum atomic E-state index is 12.8. The number of ether oxygens (including phenoxy) is 1. The lowest BCUT2D eigenvalue weighted by molar-refractivity contribution is -0.140. The third kappa shape index (κ3) is 3.89. The maximum absolute atomic E-state index is 12.8. The molecule has 1 aliphatic rings. The summed E-state index contributed by atoms with van der Waals surface area (Å²) >= 11 is 18.0. The number of amides is 1. The molecule has 0 aliphatic carbocycles. The molecule has 1 fully saturated rings. The van der Waals surface area contributed by atoms with E-state index in [1.165, 1.54) is 12.0 Å². The number of benzene rings is 2. The van der Waals surface area contributed by atoms with Gasteiger partial charge in [-0.3, -0.25) is 9.59 Å². The summed E-state index contributed by atoms with van der Waals surface area (Å²) in [5, 5.41) is 12.0. The normalized spacial score (nSPS) is 18.7. The highest BCUT2D eigenvalue weighted by atomic mass is 35.5. The minimum Gasteiger partial charge on any atom is -0.507 e. The Labute approximate surface area is 177 Å². The topological polar surface area (TPSA) is 66.8 Å². The first-order valence-corrected chi connectivity index (χ1v) is 9.46. The number of hydrogen-bond acceptors (Lipinski definition) is 4. The van der Waals surface area contributed by atoms with Crippen LogP contribution in [0.3, 0.4) is 0 Å². The van der Waals surface area contributed by atoms with Crippen molar-refractivity contribution in [3.8, 4) is 0 Å². The van der Waals surface area contributed by atoms with E-state index in [-0.39, 0.29) is 29.5 Å². The van der Waals surface area contributed by atoms with Gasteiger partial charge in [-0.15, -0.1) is 0 Å². The summed E-state index contributed by atoms with van der Waals surface area (Å²) in [6, 6.07) is 10.3. The molecule has 8 heteroatoms. The van der Waals surface area contributed by atoms with Gasteiger partial charge in [0.05, 0.1) is 28.3 Å². The van der Waals surface area contributed by atoms with E-state index >= 15 is 0 Å². The van der Waals surface area contributed by atoms with Gasteiger partial charge in [0, 0.05) is 24.2 Å². The van der Waals surface area contributed by atoms with Gasteiger partial charge in [0.2, 0.25) is 0 Å². The van der Waals surface area contributed by atoms with Crippen molar-refractivity contribution in [3.05, 3.63) is 74.2 Å². The van der Waals surface area contributed by atoms with E-state index in [0.29, 0.717) is 21.2 Å². The second-order valence-corrected chi connectivity index (χ2v) is 7.42. The highest BCUT2D eigenvalue weighted by molar-refractivity contribution is 6.47. The average Bonchev–Trinajstić information content (AvgIpc) is 2.93. The zero-order valence-corrected chi connectivity index (χ0v) is 17.1. The third-order valence-electron chi connectivity index (χ3n) is 4.45. The number of aliphatic hydroxyl groups is 1. The SMILES string of the molecule is COCCN1C(=O)C(=O)/C(=C(/O)c2ccc(Cl)cc2)C1c1ccc(Cl)c(Cl)c1. The summed E-state index contributed by atoms with van der Waals surface area (Å²) in [4.78, 5) is 26.8. The first kappa shape index (κ1) is 20.7. The van der Waals surface area contributed by atoms with Crippen molar-refractivity contribution in [2.75, 3.05) is 20.3 Å². The Balaban J connectivity index is 2.17. The van der Waals surface area contributed by atoms with Gasteiger partial charge < -0.3 is 14.7 Å². The molecule has 1 amide bonds. The van der Waals surface area contributed by atoms with Gasteiger partial charge in [0.15, 0.2) is 0 Å². The molecule has 28 heavy (non-hydrogen) atoms. The van der Waals surface area contributed by atoms with Crippen LogP contribution in [0.4, 0.5) is 0 Å². The van der Waals surface area contributed by atoms with Gasteiger partial charge in [0.25, 0.3) is 11.7 Å². The predicted molar refractivity (Wildman–Crippen MR) is 109 cm³/mol. The number of aliphatic hydroxyl groups excluding tert-OH is 1. The van der Waals surface area contributed by atoms with Gasteiger partial charge in [0.1, 0.15) is 5.76 Å². The lowest BCUT2D eigenvalue weighted by Gasteiger charge is -2.25. The van der Waals surface area contributed by atoms with Gasteiger partial charge in [-0.1, -0.05) is 40.9 Å². The van der Waals surface area contributed by atoms with Gasteiger partial charge >= 0.3 is 0 Å². The molecule has 0 radical (unpaired) electrons.